The van der Waals surface area contributed by atoms with Gasteiger partial charge in [0, 0.05) is 11.1 Å². The van der Waals surface area contributed by atoms with Crippen molar-refractivity contribution in [1.29, 1.82) is 0 Å². The number of ether oxygens (including phenoxy) is 1. The molecule has 3 aromatic carbocycles. The van der Waals surface area contributed by atoms with Gasteiger partial charge in [0.05, 0.1) is 0 Å². The molecule has 0 radical (unpaired) electrons. The highest BCUT2D eigenvalue weighted by atomic mass is 19.1. The van der Waals surface area contributed by atoms with Gasteiger partial charge < -0.3 is 9.84 Å². The number of phenolic OH excluding ortho intramolecular Hbond substituents is 1. The predicted molar refractivity (Wildman–Crippen MR) is 102 cm³/mol. The molecule has 1 unspecified atom stereocenters. The smallest absolute Gasteiger partial charge is 0.150 e. The summed E-state index contributed by atoms with van der Waals surface area (Å²) in [5.74, 6) is 0.657. The van der Waals surface area contributed by atoms with E-state index in [1.54, 1.807) is 30.3 Å². The molecule has 0 aromatic heterocycles. The Bertz CT molecular complexity index is 986. The molecule has 0 amide bonds. The van der Waals surface area contributed by atoms with Crippen LogP contribution >= 0.6 is 0 Å². The van der Waals surface area contributed by atoms with Gasteiger partial charge in [0.1, 0.15) is 23.4 Å². The second-order valence-electron chi connectivity index (χ2n) is 6.63. The van der Waals surface area contributed by atoms with E-state index in [4.69, 9.17) is 4.74 Å². The van der Waals surface area contributed by atoms with Crippen LogP contribution in [-0.4, -0.2) is 5.11 Å². The van der Waals surface area contributed by atoms with Crippen molar-refractivity contribution in [2.75, 3.05) is 0 Å². The summed E-state index contributed by atoms with van der Waals surface area (Å²) in [6.07, 6.45) is -0.293. The summed E-state index contributed by atoms with van der Waals surface area (Å²) in [7, 11) is 0. The standard InChI is InChI=1S/C23H19FO2/c1-14-3-5-17(6-4-14)23-22(16-7-9-18(24)10-8-16)15(2)20-13-19(25)11-12-21(20)26-23/h3-13,23,25H,1-2H3. The van der Waals surface area contributed by atoms with Gasteiger partial charge >= 0.3 is 0 Å². The van der Waals surface area contributed by atoms with Crippen LogP contribution in [0.4, 0.5) is 4.39 Å². The number of allylic oxidation sites excluding steroid dienone is 1. The van der Waals surface area contributed by atoms with Crippen LogP contribution < -0.4 is 4.74 Å². The highest BCUT2D eigenvalue weighted by molar-refractivity contribution is 5.95. The molecule has 0 spiro atoms. The molecule has 1 atom stereocenters. The zero-order valence-corrected chi connectivity index (χ0v) is 14.7. The van der Waals surface area contributed by atoms with E-state index in [-0.39, 0.29) is 17.7 Å². The van der Waals surface area contributed by atoms with Gasteiger partial charge in [0.15, 0.2) is 0 Å². The highest BCUT2D eigenvalue weighted by Crippen LogP contribution is 2.47. The van der Waals surface area contributed by atoms with E-state index in [9.17, 15) is 9.50 Å². The third-order valence-corrected chi connectivity index (χ3v) is 4.81. The van der Waals surface area contributed by atoms with Crippen LogP contribution in [0.3, 0.4) is 0 Å². The summed E-state index contributed by atoms with van der Waals surface area (Å²) < 4.78 is 19.7. The largest absolute Gasteiger partial charge is 0.508 e. The molecule has 0 bridgehead atoms. The molecule has 2 nitrogen and oxygen atoms in total. The van der Waals surface area contributed by atoms with E-state index in [0.29, 0.717) is 0 Å². The van der Waals surface area contributed by atoms with E-state index in [2.05, 4.69) is 24.3 Å². The Kier molecular flexibility index (Phi) is 4.00. The minimum Gasteiger partial charge on any atom is -0.508 e. The Labute approximate surface area is 152 Å². The van der Waals surface area contributed by atoms with Crippen molar-refractivity contribution in [3.05, 3.63) is 94.8 Å². The molecule has 1 heterocycles. The first-order chi connectivity index (χ1) is 12.5. The van der Waals surface area contributed by atoms with Crippen molar-refractivity contribution < 1.29 is 14.2 Å². The molecule has 0 fully saturated rings. The average Bonchev–Trinajstić information content (AvgIpc) is 2.64. The van der Waals surface area contributed by atoms with E-state index >= 15 is 0 Å². The Hall–Kier alpha value is -3.07. The van der Waals surface area contributed by atoms with E-state index < -0.39 is 0 Å². The fraction of sp³-hybridized carbons (Fsp3) is 0.130. The first kappa shape index (κ1) is 16.4. The molecule has 1 aliphatic heterocycles. The lowest BCUT2D eigenvalue weighted by atomic mass is 9.86. The molecule has 0 aliphatic carbocycles. The van der Waals surface area contributed by atoms with Crippen LogP contribution in [0, 0.1) is 12.7 Å². The van der Waals surface area contributed by atoms with Crippen LogP contribution in [0.1, 0.15) is 35.3 Å². The summed E-state index contributed by atoms with van der Waals surface area (Å²) in [5, 5.41) is 9.88. The van der Waals surface area contributed by atoms with Crippen molar-refractivity contribution in [2.24, 2.45) is 0 Å². The number of rotatable bonds is 2. The lowest BCUT2D eigenvalue weighted by Crippen LogP contribution is -2.16. The van der Waals surface area contributed by atoms with Crippen molar-refractivity contribution >= 4 is 11.1 Å². The quantitative estimate of drug-likeness (QED) is 0.625. The van der Waals surface area contributed by atoms with Gasteiger partial charge in [0.25, 0.3) is 0 Å². The molecule has 130 valence electrons. The molecule has 0 saturated heterocycles. The Morgan fingerprint density at radius 3 is 2.27 bits per heavy atom. The first-order valence-corrected chi connectivity index (χ1v) is 8.56. The third kappa shape index (κ3) is 2.86. The Morgan fingerprint density at radius 1 is 0.885 bits per heavy atom. The molecule has 26 heavy (non-hydrogen) atoms. The van der Waals surface area contributed by atoms with Crippen molar-refractivity contribution in [3.63, 3.8) is 0 Å². The SMILES string of the molecule is CC1=C(c2ccc(F)cc2)C(c2ccc(C)cc2)Oc2ccc(O)cc21. The van der Waals surface area contributed by atoms with Crippen molar-refractivity contribution in [1.82, 2.24) is 0 Å². The second-order valence-corrected chi connectivity index (χ2v) is 6.63. The zero-order valence-electron chi connectivity index (χ0n) is 14.7. The van der Waals surface area contributed by atoms with Crippen LogP contribution in [0.25, 0.3) is 11.1 Å². The molecular formula is C23H19FO2. The van der Waals surface area contributed by atoms with E-state index in [1.165, 1.54) is 17.7 Å². The predicted octanol–water partition coefficient (Wildman–Crippen LogP) is 5.90. The maximum atomic E-state index is 13.4. The fourth-order valence-corrected chi connectivity index (χ4v) is 3.41. The number of phenols is 1. The Balaban J connectivity index is 1.93. The van der Waals surface area contributed by atoms with Crippen LogP contribution in [0.2, 0.25) is 0 Å². The molecule has 3 aromatic rings. The zero-order chi connectivity index (χ0) is 18.3. The molecular weight excluding hydrogens is 327 g/mol. The number of benzene rings is 3. The summed E-state index contributed by atoms with van der Waals surface area (Å²) in [6, 6.07) is 19.8. The molecule has 4 rings (SSSR count). The lowest BCUT2D eigenvalue weighted by Gasteiger charge is -2.31. The maximum absolute atomic E-state index is 13.4. The second kappa shape index (κ2) is 6.34. The summed E-state index contributed by atoms with van der Waals surface area (Å²) >= 11 is 0. The lowest BCUT2D eigenvalue weighted by molar-refractivity contribution is 0.259. The summed E-state index contributed by atoms with van der Waals surface area (Å²) in [5.41, 5.74) is 5.97. The van der Waals surface area contributed by atoms with Crippen LogP contribution in [-0.2, 0) is 0 Å². The van der Waals surface area contributed by atoms with Gasteiger partial charge in [-0.2, -0.15) is 0 Å². The monoisotopic (exact) mass is 346 g/mol. The number of fused-ring (bicyclic) bond motifs is 1. The van der Waals surface area contributed by atoms with Crippen molar-refractivity contribution in [2.45, 2.75) is 20.0 Å². The highest BCUT2D eigenvalue weighted by Gasteiger charge is 2.29. The summed E-state index contributed by atoms with van der Waals surface area (Å²) in [4.78, 5) is 0. The maximum Gasteiger partial charge on any atom is 0.150 e. The average molecular weight is 346 g/mol. The van der Waals surface area contributed by atoms with Gasteiger partial charge in [-0.3, -0.25) is 0 Å². The van der Waals surface area contributed by atoms with E-state index in [1.807, 2.05) is 13.8 Å². The third-order valence-electron chi connectivity index (χ3n) is 4.81. The number of hydrogen-bond acceptors (Lipinski definition) is 2. The van der Waals surface area contributed by atoms with Crippen LogP contribution in [0.15, 0.2) is 66.7 Å². The Morgan fingerprint density at radius 2 is 1.58 bits per heavy atom. The number of hydrogen-bond donors (Lipinski definition) is 1. The van der Waals surface area contributed by atoms with Gasteiger partial charge in [-0.25, -0.2) is 4.39 Å². The van der Waals surface area contributed by atoms with E-state index in [0.717, 1.165) is 33.6 Å². The minimum absolute atomic E-state index is 0.193. The number of aryl methyl sites for hydroxylation is 1. The topological polar surface area (TPSA) is 29.5 Å². The number of aromatic hydroxyl groups is 1. The first-order valence-electron chi connectivity index (χ1n) is 8.56. The summed E-state index contributed by atoms with van der Waals surface area (Å²) in [6.45, 7) is 4.06. The molecule has 1 N–H and O–H groups in total. The van der Waals surface area contributed by atoms with Gasteiger partial charge in [0.2, 0.25) is 0 Å². The normalized spacial score (nSPS) is 16.2. The van der Waals surface area contributed by atoms with Gasteiger partial charge in [-0.05, 0) is 60.9 Å². The minimum atomic E-state index is -0.293. The number of halogens is 1. The van der Waals surface area contributed by atoms with Crippen LogP contribution in [0.5, 0.6) is 11.5 Å². The van der Waals surface area contributed by atoms with Gasteiger partial charge in [-0.15, -0.1) is 0 Å². The molecule has 0 saturated carbocycles. The molecule has 1 aliphatic rings. The van der Waals surface area contributed by atoms with Gasteiger partial charge in [-0.1, -0.05) is 42.0 Å². The molecule has 3 heteroatoms. The van der Waals surface area contributed by atoms with Crippen molar-refractivity contribution in [3.8, 4) is 11.5 Å². The fourth-order valence-electron chi connectivity index (χ4n) is 3.41.